The number of rotatable bonds is 7. The zero-order chi connectivity index (χ0) is 12.5. The number of aryl methyl sites for hydroxylation is 1. The summed E-state index contributed by atoms with van der Waals surface area (Å²) in [5.41, 5.74) is 0. The summed E-state index contributed by atoms with van der Waals surface area (Å²) in [6.45, 7) is 2.55. The van der Waals surface area contributed by atoms with Crippen LogP contribution in [-0.2, 0) is 11.2 Å². The van der Waals surface area contributed by atoms with Crippen LogP contribution in [0.2, 0.25) is 0 Å². The summed E-state index contributed by atoms with van der Waals surface area (Å²) in [4.78, 5) is 18.7. The van der Waals surface area contributed by atoms with Gasteiger partial charge in [0.1, 0.15) is 11.7 Å². The van der Waals surface area contributed by atoms with E-state index in [4.69, 9.17) is 5.26 Å². The number of carbonyl (C=O) groups excluding carboxylic acids is 1. The van der Waals surface area contributed by atoms with Crippen LogP contribution >= 0.6 is 0 Å². The molecule has 5 nitrogen and oxygen atoms in total. The zero-order valence-corrected chi connectivity index (χ0v) is 10.1. The highest BCUT2D eigenvalue weighted by atomic mass is 16.1. The third kappa shape index (κ3) is 4.68. The van der Waals surface area contributed by atoms with Crippen LogP contribution in [0.15, 0.2) is 12.4 Å². The third-order valence-corrected chi connectivity index (χ3v) is 2.49. The van der Waals surface area contributed by atoms with E-state index in [1.165, 1.54) is 0 Å². The summed E-state index contributed by atoms with van der Waals surface area (Å²) in [6, 6.07) is 2.03. The molecule has 1 amide bonds. The first-order chi connectivity index (χ1) is 8.27. The Kier molecular flexibility index (Phi) is 5.80. The summed E-state index contributed by atoms with van der Waals surface area (Å²) in [5.74, 6) is 0.252. The molecule has 1 unspecified atom stereocenters. The van der Waals surface area contributed by atoms with Gasteiger partial charge in [-0.2, -0.15) is 5.26 Å². The number of nitriles is 1. The van der Waals surface area contributed by atoms with Crippen molar-refractivity contribution in [3.8, 4) is 6.07 Å². The van der Waals surface area contributed by atoms with E-state index < -0.39 is 5.92 Å². The molecule has 1 atom stereocenters. The van der Waals surface area contributed by atoms with Gasteiger partial charge in [0.15, 0.2) is 0 Å². The zero-order valence-electron chi connectivity index (χ0n) is 10.1. The second-order valence-corrected chi connectivity index (χ2v) is 3.90. The van der Waals surface area contributed by atoms with Crippen molar-refractivity contribution >= 4 is 5.91 Å². The molecule has 0 aliphatic carbocycles. The molecule has 0 bridgehead atoms. The van der Waals surface area contributed by atoms with Gasteiger partial charge in [0.25, 0.3) is 0 Å². The van der Waals surface area contributed by atoms with Crippen molar-refractivity contribution < 1.29 is 4.79 Å². The van der Waals surface area contributed by atoms with Gasteiger partial charge in [-0.3, -0.25) is 4.79 Å². The minimum atomic E-state index is -0.511. The summed E-state index contributed by atoms with van der Waals surface area (Å²) in [5, 5.41) is 11.6. The van der Waals surface area contributed by atoms with Gasteiger partial charge < -0.3 is 10.3 Å². The maximum atomic E-state index is 11.6. The molecule has 0 aromatic carbocycles. The van der Waals surface area contributed by atoms with Crippen molar-refractivity contribution in [3.63, 3.8) is 0 Å². The van der Waals surface area contributed by atoms with Crippen LogP contribution in [0.5, 0.6) is 0 Å². The number of hydrogen-bond donors (Lipinski definition) is 2. The summed E-state index contributed by atoms with van der Waals surface area (Å²) in [7, 11) is 0. The van der Waals surface area contributed by atoms with Crippen LogP contribution in [0.1, 0.15) is 32.0 Å². The van der Waals surface area contributed by atoms with Crippen LogP contribution in [-0.4, -0.2) is 22.4 Å². The number of nitrogens with one attached hydrogen (secondary N) is 2. The maximum absolute atomic E-state index is 11.6. The van der Waals surface area contributed by atoms with Crippen LogP contribution in [0.25, 0.3) is 0 Å². The molecule has 92 valence electrons. The quantitative estimate of drug-likeness (QED) is 0.700. The molecule has 0 aliphatic rings. The summed E-state index contributed by atoms with van der Waals surface area (Å²) < 4.78 is 0. The molecule has 0 saturated carbocycles. The number of imidazole rings is 1. The molecule has 17 heavy (non-hydrogen) atoms. The Balaban J connectivity index is 2.17. The largest absolute Gasteiger partial charge is 0.355 e. The van der Waals surface area contributed by atoms with Crippen LogP contribution in [0, 0.1) is 17.2 Å². The number of nitrogens with zero attached hydrogens (tertiary/aromatic N) is 2. The lowest BCUT2D eigenvalue weighted by Crippen LogP contribution is -2.30. The minimum absolute atomic E-state index is 0.159. The van der Waals surface area contributed by atoms with Crippen LogP contribution in [0.3, 0.4) is 0 Å². The van der Waals surface area contributed by atoms with Crippen LogP contribution in [0.4, 0.5) is 0 Å². The van der Waals surface area contributed by atoms with Gasteiger partial charge in [0.05, 0.1) is 6.07 Å². The van der Waals surface area contributed by atoms with E-state index in [1.54, 1.807) is 12.4 Å². The smallest absolute Gasteiger partial charge is 0.237 e. The Hall–Kier alpha value is -1.83. The highest BCUT2D eigenvalue weighted by molar-refractivity contribution is 5.80. The molecule has 1 aromatic rings. The van der Waals surface area contributed by atoms with E-state index in [9.17, 15) is 4.79 Å². The maximum Gasteiger partial charge on any atom is 0.237 e. The van der Waals surface area contributed by atoms with Gasteiger partial charge in [0.2, 0.25) is 5.91 Å². The fourth-order valence-corrected chi connectivity index (χ4v) is 1.57. The topological polar surface area (TPSA) is 81.6 Å². The predicted molar refractivity (Wildman–Crippen MR) is 63.9 cm³/mol. The van der Waals surface area contributed by atoms with Gasteiger partial charge >= 0.3 is 0 Å². The lowest BCUT2D eigenvalue weighted by Gasteiger charge is -2.08. The number of amides is 1. The SMILES string of the molecule is CCCC(C#N)C(=O)NCCCc1ncc[nH]1. The first kappa shape index (κ1) is 13.2. The molecule has 1 heterocycles. The molecule has 5 heteroatoms. The van der Waals surface area contributed by atoms with Crippen molar-refractivity contribution in [1.82, 2.24) is 15.3 Å². The van der Waals surface area contributed by atoms with Crippen molar-refractivity contribution in [2.75, 3.05) is 6.54 Å². The molecule has 0 fully saturated rings. The van der Waals surface area contributed by atoms with E-state index >= 15 is 0 Å². The van der Waals surface area contributed by atoms with Gasteiger partial charge in [-0.1, -0.05) is 13.3 Å². The van der Waals surface area contributed by atoms with E-state index in [1.807, 2.05) is 13.0 Å². The van der Waals surface area contributed by atoms with E-state index in [2.05, 4.69) is 15.3 Å². The predicted octanol–water partition coefficient (Wildman–Crippen LogP) is 1.40. The van der Waals surface area contributed by atoms with Crippen molar-refractivity contribution in [1.29, 1.82) is 5.26 Å². The molecule has 0 saturated heterocycles. The fraction of sp³-hybridized carbons (Fsp3) is 0.583. The number of hydrogen-bond acceptors (Lipinski definition) is 3. The lowest BCUT2D eigenvalue weighted by atomic mass is 10.1. The van der Waals surface area contributed by atoms with Crippen LogP contribution < -0.4 is 5.32 Å². The van der Waals surface area contributed by atoms with E-state index in [0.29, 0.717) is 13.0 Å². The highest BCUT2D eigenvalue weighted by Crippen LogP contribution is 2.04. The van der Waals surface area contributed by atoms with Crippen molar-refractivity contribution in [3.05, 3.63) is 18.2 Å². The average molecular weight is 234 g/mol. The second kappa shape index (κ2) is 7.44. The van der Waals surface area contributed by atoms with Gasteiger partial charge in [-0.15, -0.1) is 0 Å². The standard InChI is InChI=1S/C12H18N4O/c1-2-4-10(9-13)12(17)16-6-3-5-11-14-7-8-15-11/h7-8,10H,2-6H2,1H3,(H,14,15)(H,16,17). The molecular formula is C12H18N4O. The number of H-pyrrole nitrogens is 1. The number of aromatic nitrogens is 2. The fourth-order valence-electron chi connectivity index (χ4n) is 1.57. The molecule has 0 radical (unpaired) electrons. The Morgan fingerprint density at radius 2 is 2.53 bits per heavy atom. The molecular weight excluding hydrogens is 216 g/mol. The number of aromatic amines is 1. The second-order valence-electron chi connectivity index (χ2n) is 3.90. The average Bonchev–Trinajstić information content (AvgIpc) is 2.84. The molecule has 0 spiro atoms. The lowest BCUT2D eigenvalue weighted by molar-refractivity contribution is -0.123. The van der Waals surface area contributed by atoms with Gasteiger partial charge in [-0.05, 0) is 12.8 Å². The monoisotopic (exact) mass is 234 g/mol. The third-order valence-electron chi connectivity index (χ3n) is 2.49. The molecule has 1 aromatic heterocycles. The van der Waals surface area contributed by atoms with E-state index in [0.717, 1.165) is 25.1 Å². The molecule has 2 N–H and O–H groups in total. The summed E-state index contributed by atoms with van der Waals surface area (Å²) >= 11 is 0. The highest BCUT2D eigenvalue weighted by Gasteiger charge is 2.15. The summed E-state index contributed by atoms with van der Waals surface area (Å²) in [6.07, 6.45) is 6.59. The van der Waals surface area contributed by atoms with Crippen molar-refractivity contribution in [2.45, 2.75) is 32.6 Å². The number of carbonyl (C=O) groups is 1. The molecule has 0 aliphatic heterocycles. The Morgan fingerprint density at radius 3 is 3.12 bits per heavy atom. The Morgan fingerprint density at radius 1 is 1.71 bits per heavy atom. The van der Waals surface area contributed by atoms with Gasteiger partial charge in [0, 0.05) is 25.4 Å². The normalized spacial score (nSPS) is 11.8. The first-order valence-electron chi connectivity index (χ1n) is 5.93. The van der Waals surface area contributed by atoms with Gasteiger partial charge in [-0.25, -0.2) is 4.98 Å². The first-order valence-corrected chi connectivity index (χ1v) is 5.93. The van der Waals surface area contributed by atoms with E-state index in [-0.39, 0.29) is 5.91 Å². The molecule has 1 rings (SSSR count). The Bertz CT molecular complexity index is 366. The minimum Gasteiger partial charge on any atom is -0.355 e. The Labute approximate surface area is 101 Å². The van der Waals surface area contributed by atoms with Crippen molar-refractivity contribution in [2.24, 2.45) is 5.92 Å².